The predicted molar refractivity (Wildman–Crippen MR) is 132 cm³/mol. The van der Waals surface area contributed by atoms with Gasteiger partial charge in [-0.25, -0.2) is 4.98 Å². The van der Waals surface area contributed by atoms with Gasteiger partial charge in [0, 0.05) is 11.6 Å². The van der Waals surface area contributed by atoms with Crippen LogP contribution in [0.5, 0.6) is 0 Å². The lowest BCUT2D eigenvalue weighted by Crippen LogP contribution is -2.50. The molecule has 7 heteroatoms. The molecular formula is C27H24ClN3O3. The van der Waals surface area contributed by atoms with Crippen molar-refractivity contribution in [2.24, 2.45) is 5.92 Å². The highest BCUT2D eigenvalue weighted by Gasteiger charge is 2.47. The van der Waals surface area contributed by atoms with Crippen molar-refractivity contribution in [3.8, 4) is 0 Å². The van der Waals surface area contributed by atoms with Gasteiger partial charge in [0.15, 0.2) is 5.92 Å². The number of rotatable bonds is 6. The third-order valence-corrected chi connectivity index (χ3v) is 6.38. The van der Waals surface area contributed by atoms with E-state index < -0.39 is 17.9 Å². The van der Waals surface area contributed by atoms with Crippen LogP contribution in [0.25, 0.3) is 11.0 Å². The largest absolute Gasteiger partial charge is 0.465 e. The van der Waals surface area contributed by atoms with Gasteiger partial charge in [-0.1, -0.05) is 66.2 Å². The van der Waals surface area contributed by atoms with E-state index >= 15 is 0 Å². The van der Waals surface area contributed by atoms with Gasteiger partial charge in [-0.15, -0.1) is 0 Å². The van der Waals surface area contributed by atoms with Gasteiger partial charge in [0.05, 0.1) is 23.7 Å². The van der Waals surface area contributed by atoms with Gasteiger partial charge < -0.3 is 9.30 Å². The summed E-state index contributed by atoms with van der Waals surface area (Å²) in [5, 5.41) is 0.532. The molecule has 172 valence electrons. The number of nitrogens with zero attached hydrogens (tertiary/aromatic N) is 3. The second kappa shape index (κ2) is 9.31. The number of imidazole rings is 1. The lowest BCUT2D eigenvalue weighted by Gasteiger charge is -2.38. The van der Waals surface area contributed by atoms with E-state index in [1.54, 1.807) is 24.0 Å². The number of benzene rings is 3. The molecule has 1 aliphatic heterocycles. The van der Waals surface area contributed by atoms with Crippen LogP contribution in [0.2, 0.25) is 5.02 Å². The Morgan fingerprint density at radius 3 is 2.56 bits per heavy atom. The van der Waals surface area contributed by atoms with Crippen LogP contribution >= 0.6 is 11.6 Å². The molecule has 0 N–H and O–H groups in total. The van der Waals surface area contributed by atoms with Crippen molar-refractivity contribution in [3.63, 3.8) is 0 Å². The smallest absolute Gasteiger partial charge is 0.321 e. The average Bonchev–Trinajstić information content (AvgIpc) is 3.22. The lowest BCUT2D eigenvalue weighted by molar-refractivity contribution is -0.153. The number of carbonyl (C=O) groups excluding carboxylic acids is 2. The van der Waals surface area contributed by atoms with Crippen LogP contribution in [0.4, 0.5) is 5.95 Å². The highest BCUT2D eigenvalue weighted by Crippen LogP contribution is 2.41. The van der Waals surface area contributed by atoms with Crippen molar-refractivity contribution in [2.75, 3.05) is 18.1 Å². The summed E-state index contributed by atoms with van der Waals surface area (Å²) in [5.41, 5.74) is 3.45. The molecule has 0 saturated heterocycles. The number of anilines is 1. The third-order valence-electron chi connectivity index (χ3n) is 6.14. The summed E-state index contributed by atoms with van der Waals surface area (Å²) >= 11 is 6.32. The zero-order valence-corrected chi connectivity index (χ0v) is 19.5. The Kier molecular flexibility index (Phi) is 6.07. The van der Waals surface area contributed by atoms with E-state index in [0.29, 0.717) is 23.9 Å². The van der Waals surface area contributed by atoms with E-state index in [1.807, 2.05) is 71.3 Å². The number of aromatic nitrogens is 2. The Labute approximate surface area is 202 Å². The molecule has 0 fully saturated rings. The molecule has 0 saturated carbocycles. The summed E-state index contributed by atoms with van der Waals surface area (Å²) in [6, 6.07) is 24.3. The molecule has 0 radical (unpaired) electrons. The number of ether oxygens (including phenoxy) is 1. The first-order valence-corrected chi connectivity index (χ1v) is 11.7. The van der Waals surface area contributed by atoms with Gasteiger partial charge in [-0.2, -0.15) is 0 Å². The molecule has 1 aromatic heterocycles. The fraction of sp³-hybridized carbons (Fsp3) is 0.222. The maximum absolute atomic E-state index is 13.9. The van der Waals surface area contributed by atoms with Crippen LogP contribution in [-0.4, -0.2) is 34.6 Å². The molecular weight excluding hydrogens is 450 g/mol. The highest BCUT2D eigenvalue weighted by atomic mass is 35.5. The highest BCUT2D eigenvalue weighted by molar-refractivity contribution is 6.30. The second-order valence-electron chi connectivity index (χ2n) is 8.23. The zero-order chi connectivity index (χ0) is 23.7. The average molecular weight is 474 g/mol. The molecule has 0 aliphatic carbocycles. The molecule has 2 heterocycles. The Hall–Kier alpha value is -3.64. The number of amides is 1. The summed E-state index contributed by atoms with van der Waals surface area (Å²) in [5.74, 6) is -1.40. The second-order valence-corrected chi connectivity index (χ2v) is 8.66. The lowest BCUT2D eigenvalue weighted by atomic mass is 9.89. The molecule has 4 aromatic rings. The summed E-state index contributed by atoms with van der Waals surface area (Å²) in [6.45, 7) is 2.32. The van der Waals surface area contributed by atoms with Gasteiger partial charge >= 0.3 is 5.97 Å². The van der Waals surface area contributed by atoms with Gasteiger partial charge in [0.1, 0.15) is 0 Å². The molecule has 1 aliphatic rings. The van der Waals surface area contributed by atoms with Gasteiger partial charge in [-0.3, -0.25) is 14.5 Å². The van der Waals surface area contributed by atoms with Crippen molar-refractivity contribution in [1.82, 2.24) is 9.55 Å². The molecule has 2 atom stereocenters. The van der Waals surface area contributed by atoms with Gasteiger partial charge in [-0.05, 0) is 48.7 Å². The quantitative estimate of drug-likeness (QED) is 0.290. The van der Waals surface area contributed by atoms with Crippen LogP contribution in [0, 0.1) is 5.92 Å². The Balaban J connectivity index is 1.69. The number of halogens is 1. The summed E-state index contributed by atoms with van der Waals surface area (Å²) in [6.07, 6.45) is 0.632. The third kappa shape index (κ3) is 3.94. The van der Waals surface area contributed by atoms with E-state index in [9.17, 15) is 9.59 Å². The summed E-state index contributed by atoms with van der Waals surface area (Å²) < 4.78 is 7.38. The fourth-order valence-corrected chi connectivity index (χ4v) is 4.84. The molecule has 5 rings (SSSR count). The van der Waals surface area contributed by atoms with Crippen LogP contribution in [0.1, 0.15) is 24.1 Å². The van der Waals surface area contributed by atoms with Crippen LogP contribution in [0.15, 0.2) is 78.9 Å². The summed E-state index contributed by atoms with van der Waals surface area (Å²) in [7, 11) is 0. The monoisotopic (exact) mass is 473 g/mol. The normalized spacial score (nSPS) is 17.6. The van der Waals surface area contributed by atoms with Crippen LogP contribution in [-0.2, 0) is 20.7 Å². The van der Waals surface area contributed by atoms with E-state index in [4.69, 9.17) is 21.3 Å². The topological polar surface area (TPSA) is 64.4 Å². The Morgan fingerprint density at radius 2 is 1.79 bits per heavy atom. The maximum atomic E-state index is 13.9. The molecule has 3 aromatic carbocycles. The number of para-hydroxylation sites is 2. The SMILES string of the molecule is CCOC(=O)[C@@H]1C(=O)N(CCc2ccccc2)c2nc3ccccc3n2[C@H]1c1cccc(Cl)c1. The maximum Gasteiger partial charge on any atom is 0.321 e. The predicted octanol–water partition coefficient (Wildman–Crippen LogP) is 5.05. The zero-order valence-electron chi connectivity index (χ0n) is 18.7. The number of fused-ring (bicyclic) bond motifs is 3. The van der Waals surface area contributed by atoms with Gasteiger partial charge in [0.2, 0.25) is 11.9 Å². The van der Waals surface area contributed by atoms with Crippen molar-refractivity contribution in [1.29, 1.82) is 0 Å². The van der Waals surface area contributed by atoms with Crippen LogP contribution < -0.4 is 4.90 Å². The van der Waals surface area contributed by atoms with E-state index in [0.717, 1.165) is 22.2 Å². The van der Waals surface area contributed by atoms with Crippen molar-refractivity contribution >= 4 is 40.5 Å². The standard InChI is InChI=1S/C27H24ClN3O3/c1-2-34-26(33)23-24(19-11-8-12-20(28)17-19)31-22-14-7-6-13-21(22)29-27(31)30(25(23)32)16-15-18-9-4-3-5-10-18/h3-14,17,23-24H,2,15-16H2,1H3/t23-,24-/m0/s1. The number of hydrogen-bond acceptors (Lipinski definition) is 4. The molecule has 6 nitrogen and oxygen atoms in total. The number of carbonyl (C=O) groups is 2. The first kappa shape index (κ1) is 22.2. The molecule has 0 spiro atoms. The fourth-order valence-electron chi connectivity index (χ4n) is 4.64. The van der Waals surface area contributed by atoms with E-state index in [-0.39, 0.29) is 12.5 Å². The molecule has 1 amide bonds. The van der Waals surface area contributed by atoms with Crippen molar-refractivity contribution in [2.45, 2.75) is 19.4 Å². The minimum atomic E-state index is -1.06. The van der Waals surface area contributed by atoms with Crippen molar-refractivity contribution < 1.29 is 14.3 Å². The van der Waals surface area contributed by atoms with Crippen molar-refractivity contribution in [3.05, 3.63) is 95.0 Å². The molecule has 0 unspecified atom stereocenters. The van der Waals surface area contributed by atoms with E-state index in [2.05, 4.69) is 0 Å². The minimum absolute atomic E-state index is 0.187. The Morgan fingerprint density at radius 1 is 1.03 bits per heavy atom. The molecule has 0 bridgehead atoms. The molecule has 34 heavy (non-hydrogen) atoms. The summed E-state index contributed by atoms with van der Waals surface area (Å²) in [4.78, 5) is 33.6. The Bertz CT molecular complexity index is 1350. The number of hydrogen-bond donors (Lipinski definition) is 0. The van der Waals surface area contributed by atoms with E-state index in [1.165, 1.54) is 0 Å². The number of esters is 1. The first-order valence-electron chi connectivity index (χ1n) is 11.3. The van der Waals surface area contributed by atoms with Crippen LogP contribution in [0.3, 0.4) is 0 Å². The van der Waals surface area contributed by atoms with Gasteiger partial charge in [0.25, 0.3) is 0 Å². The first-order chi connectivity index (χ1) is 16.6. The minimum Gasteiger partial charge on any atom is -0.465 e.